The number of nitrogens with zero attached hydrogens (tertiary/aromatic N) is 1. The SMILES string of the molecule is CCOC(=O)C1CCC(C#N)(c2ccc(OS(=O)(=O)C(F)(F)F)c3c2OCCO3)CC1. The monoisotopic (exact) mass is 463 g/mol. The van der Waals surface area contributed by atoms with Crippen molar-refractivity contribution in [2.24, 2.45) is 5.92 Å². The molecule has 1 aliphatic heterocycles. The summed E-state index contributed by atoms with van der Waals surface area (Å²) < 4.78 is 81.2. The van der Waals surface area contributed by atoms with Crippen LogP contribution in [0.2, 0.25) is 0 Å². The van der Waals surface area contributed by atoms with Gasteiger partial charge in [0.1, 0.15) is 13.2 Å². The van der Waals surface area contributed by atoms with Crippen LogP contribution in [-0.2, 0) is 25.1 Å². The second-order valence-corrected chi connectivity index (χ2v) is 8.71. The number of hydrogen-bond donors (Lipinski definition) is 0. The van der Waals surface area contributed by atoms with Crippen molar-refractivity contribution < 1.29 is 44.8 Å². The Balaban J connectivity index is 1.95. The maximum Gasteiger partial charge on any atom is 0.534 e. The topological polar surface area (TPSA) is 112 Å². The number of carbonyl (C=O) groups excluding carboxylic acids is 1. The number of fused-ring (bicyclic) bond motifs is 1. The fourth-order valence-corrected chi connectivity index (χ4v) is 4.23. The van der Waals surface area contributed by atoms with Crippen molar-refractivity contribution >= 4 is 16.1 Å². The van der Waals surface area contributed by atoms with E-state index in [4.69, 9.17) is 14.2 Å². The van der Waals surface area contributed by atoms with E-state index in [1.807, 2.05) is 0 Å². The number of alkyl halides is 3. The molecule has 0 N–H and O–H groups in total. The fraction of sp³-hybridized carbons (Fsp3) is 0.579. The first-order valence-corrected chi connectivity index (χ1v) is 11.0. The predicted octanol–water partition coefficient (Wildman–Crippen LogP) is 3.20. The first-order valence-electron chi connectivity index (χ1n) is 9.56. The third kappa shape index (κ3) is 4.37. The van der Waals surface area contributed by atoms with Gasteiger partial charge in [0, 0.05) is 5.56 Å². The van der Waals surface area contributed by atoms with E-state index < -0.39 is 26.8 Å². The van der Waals surface area contributed by atoms with Crippen LogP contribution in [0.15, 0.2) is 12.1 Å². The van der Waals surface area contributed by atoms with Gasteiger partial charge in [0.2, 0.25) is 5.75 Å². The molecule has 0 aromatic heterocycles. The predicted molar refractivity (Wildman–Crippen MR) is 98.9 cm³/mol. The zero-order valence-electron chi connectivity index (χ0n) is 16.5. The van der Waals surface area contributed by atoms with Gasteiger partial charge in [-0.2, -0.15) is 26.9 Å². The first-order chi connectivity index (χ1) is 14.5. The molecular weight excluding hydrogens is 443 g/mol. The number of esters is 1. The second-order valence-electron chi connectivity index (χ2n) is 7.17. The molecule has 0 bridgehead atoms. The molecule has 0 radical (unpaired) electrons. The minimum atomic E-state index is -5.92. The van der Waals surface area contributed by atoms with Crippen LogP contribution in [0, 0.1) is 17.2 Å². The second kappa shape index (κ2) is 8.45. The van der Waals surface area contributed by atoms with Crippen LogP contribution in [-0.4, -0.2) is 39.7 Å². The van der Waals surface area contributed by atoms with E-state index in [9.17, 15) is 31.6 Å². The molecule has 1 heterocycles. The summed E-state index contributed by atoms with van der Waals surface area (Å²) in [6.07, 6.45) is 1.32. The molecule has 1 aromatic rings. The molecule has 0 spiro atoms. The lowest BCUT2D eigenvalue weighted by atomic mass is 9.67. The van der Waals surface area contributed by atoms with Crippen molar-refractivity contribution in [2.45, 2.75) is 43.5 Å². The van der Waals surface area contributed by atoms with E-state index in [1.165, 1.54) is 6.07 Å². The van der Waals surface area contributed by atoms with Gasteiger partial charge in [0.25, 0.3) is 0 Å². The van der Waals surface area contributed by atoms with Crippen molar-refractivity contribution in [3.05, 3.63) is 17.7 Å². The van der Waals surface area contributed by atoms with Gasteiger partial charge in [0.15, 0.2) is 11.5 Å². The minimum absolute atomic E-state index is 0.0303. The summed E-state index contributed by atoms with van der Waals surface area (Å²) in [7, 11) is -5.92. The highest BCUT2D eigenvalue weighted by Gasteiger charge is 2.50. The largest absolute Gasteiger partial charge is 0.534 e. The van der Waals surface area contributed by atoms with Crippen LogP contribution in [0.3, 0.4) is 0 Å². The zero-order chi connectivity index (χ0) is 22.9. The summed E-state index contributed by atoms with van der Waals surface area (Å²) in [6, 6.07) is 4.57. The average Bonchev–Trinajstić information content (AvgIpc) is 2.73. The number of ether oxygens (including phenoxy) is 3. The van der Waals surface area contributed by atoms with Gasteiger partial charge in [-0.25, -0.2) is 0 Å². The normalized spacial score (nSPS) is 23.5. The molecule has 3 rings (SSSR count). The molecular formula is C19H20F3NO7S. The molecule has 170 valence electrons. The van der Waals surface area contributed by atoms with Gasteiger partial charge in [-0.05, 0) is 44.7 Å². The van der Waals surface area contributed by atoms with Gasteiger partial charge in [-0.3, -0.25) is 4.79 Å². The number of benzene rings is 1. The summed E-state index contributed by atoms with van der Waals surface area (Å²) >= 11 is 0. The molecule has 1 saturated carbocycles. The summed E-state index contributed by atoms with van der Waals surface area (Å²) in [5.41, 5.74) is -6.35. The quantitative estimate of drug-likeness (QED) is 0.372. The van der Waals surface area contributed by atoms with E-state index in [0.717, 1.165) is 6.07 Å². The van der Waals surface area contributed by atoms with Gasteiger partial charge >= 0.3 is 21.6 Å². The van der Waals surface area contributed by atoms with E-state index >= 15 is 0 Å². The molecule has 0 saturated heterocycles. The lowest BCUT2D eigenvalue weighted by Crippen LogP contribution is -2.35. The molecule has 8 nitrogen and oxygen atoms in total. The third-order valence-corrected chi connectivity index (χ3v) is 6.29. The first kappa shape index (κ1) is 23.0. The Labute approximate surface area is 177 Å². The Kier molecular flexibility index (Phi) is 6.27. The molecule has 0 amide bonds. The van der Waals surface area contributed by atoms with Crippen LogP contribution in [0.25, 0.3) is 0 Å². The van der Waals surface area contributed by atoms with E-state index in [0.29, 0.717) is 18.4 Å². The molecule has 31 heavy (non-hydrogen) atoms. The summed E-state index contributed by atoms with van der Waals surface area (Å²) in [5.74, 6) is -1.70. The van der Waals surface area contributed by atoms with Crippen LogP contribution >= 0.6 is 0 Å². The van der Waals surface area contributed by atoms with E-state index in [2.05, 4.69) is 10.3 Å². The van der Waals surface area contributed by atoms with Gasteiger partial charge in [-0.15, -0.1) is 0 Å². The Hall–Kier alpha value is -2.68. The maximum absolute atomic E-state index is 12.7. The number of hydrogen-bond acceptors (Lipinski definition) is 8. The highest BCUT2D eigenvalue weighted by Crippen LogP contribution is 2.51. The molecule has 1 fully saturated rings. The molecule has 2 aliphatic rings. The molecule has 1 aromatic carbocycles. The summed E-state index contributed by atoms with van der Waals surface area (Å²) in [5, 5.41) is 9.95. The van der Waals surface area contributed by atoms with Crippen LogP contribution in [0.1, 0.15) is 38.2 Å². The standard InChI is InChI=1S/C19H20F3NO7S/c1-2-27-17(24)12-5-7-18(11-23,8-6-12)13-3-4-14(16-15(13)28-9-10-29-16)30-31(25,26)19(20,21)22/h3-4,12H,2,5-10H2,1H3. The average molecular weight is 463 g/mol. The smallest absolute Gasteiger partial charge is 0.486 e. The third-order valence-electron chi connectivity index (χ3n) is 5.32. The van der Waals surface area contributed by atoms with Crippen LogP contribution < -0.4 is 13.7 Å². The number of nitriles is 1. The van der Waals surface area contributed by atoms with Crippen molar-refractivity contribution in [3.63, 3.8) is 0 Å². The lowest BCUT2D eigenvalue weighted by molar-refractivity contribution is -0.149. The highest BCUT2D eigenvalue weighted by molar-refractivity contribution is 7.88. The van der Waals surface area contributed by atoms with Gasteiger partial charge in [-0.1, -0.05) is 0 Å². The molecule has 1 aliphatic carbocycles. The Bertz CT molecular complexity index is 993. The van der Waals surface area contributed by atoms with E-state index in [1.54, 1.807) is 6.92 Å². The lowest BCUT2D eigenvalue weighted by Gasteiger charge is -2.36. The summed E-state index contributed by atoms with van der Waals surface area (Å²) in [6.45, 7) is 1.97. The Morgan fingerprint density at radius 1 is 1.23 bits per heavy atom. The minimum Gasteiger partial charge on any atom is -0.486 e. The number of rotatable bonds is 5. The van der Waals surface area contributed by atoms with Gasteiger partial charge < -0.3 is 18.4 Å². The maximum atomic E-state index is 12.7. The van der Waals surface area contributed by atoms with E-state index in [-0.39, 0.29) is 56.0 Å². The molecule has 0 unspecified atom stereocenters. The van der Waals surface area contributed by atoms with Crippen LogP contribution in [0.5, 0.6) is 17.2 Å². The molecule has 12 heteroatoms. The van der Waals surface area contributed by atoms with Crippen molar-refractivity contribution in [3.8, 4) is 23.3 Å². The van der Waals surface area contributed by atoms with Crippen LogP contribution in [0.4, 0.5) is 13.2 Å². The fourth-order valence-electron chi connectivity index (χ4n) is 3.77. The summed E-state index contributed by atoms with van der Waals surface area (Å²) in [4.78, 5) is 12.0. The number of carbonyl (C=O) groups is 1. The zero-order valence-corrected chi connectivity index (χ0v) is 17.3. The number of halogens is 3. The molecule has 0 atom stereocenters. The van der Waals surface area contributed by atoms with Crippen molar-refractivity contribution in [1.82, 2.24) is 0 Å². The van der Waals surface area contributed by atoms with Crippen molar-refractivity contribution in [1.29, 1.82) is 5.26 Å². The van der Waals surface area contributed by atoms with Crippen molar-refractivity contribution in [2.75, 3.05) is 19.8 Å². The highest BCUT2D eigenvalue weighted by atomic mass is 32.2. The Morgan fingerprint density at radius 3 is 2.39 bits per heavy atom. The Morgan fingerprint density at radius 2 is 1.84 bits per heavy atom. The van der Waals surface area contributed by atoms with Gasteiger partial charge in [0.05, 0.1) is 24.0 Å².